The largest absolute Gasteiger partial charge is 0.465 e. The predicted molar refractivity (Wildman–Crippen MR) is 77.6 cm³/mol. The van der Waals surface area contributed by atoms with Crippen LogP contribution in [0.1, 0.15) is 48.5 Å². The Morgan fingerprint density at radius 1 is 1.47 bits per heavy atom. The molecule has 1 aromatic carbocycles. The molecule has 2 rings (SSSR count). The molecular weight excluding hydrogens is 238 g/mol. The van der Waals surface area contributed by atoms with Crippen LogP contribution in [0.25, 0.3) is 0 Å². The van der Waals surface area contributed by atoms with Crippen molar-refractivity contribution in [2.75, 3.05) is 12.4 Å². The molecule has 0 heterocycles. The first-order chi connectivity index (χ1) is 9.10. The van der Waals surface area contributed by atoms with E-state index in [-0.39, 0.29) is 5.97 Å². The molecule has 0 saturated heterocycles. The van der Waals surface area contributed by atoms with Crippen molar-refractivity contribution < 1.29 is 9.53 Å². The molecular formula is C16H23NO2. The topological polar surface area (TPSA) is 38.3 Å². The number of carbonyl (C=O) groups is 1. The van der Waals surface area contributed by atoms with Crippen LogP contribution in [0.2, 0.25) is 0 Å². The highest BCUT2D eigenvalue weighted by atomic mass is 16.5. The summed E-state index contributed by atoms with van der Waals surface area (Å²) in [5.74, 6) is 0.580. The molecule has 0 aromatic heterocycles. The van der Waals surface area contributed by atoms with Gasteiger partial charge in [0.25, 0.3) is 0 Å². The number of rotatable bonds is 5. The van der Waals surface area contributed by atoms with E-state index in [2.05, 4.69) is 12.2 Å². The van der Waals surface area contributed by atoms with Gasteiger partial charge < -0.3 is 10.1 Å². The lowest BCUT2D eigenvalue weighted by Gasteiger charge is -2.29. The first-order valence-electron chi connectivity index (χ1n) is 7.05. The number of hydrogen-bond donors (Lipinski definition) is 1. The highest BCUT2D eigenvalue weighted by molar-refractivity contribution is 5.95. The van der Waals surface area contributed by atoms with Crippen molar-refractivity contribution in [3.05, 3.63) is 29.3 Å². The molecule has 0 bridgehead atoms. The van der Waals surface area contributed by atoms with Gasteiger partial charge in [-0.15, -0.1) is 0 Å². The Balaban J connectivity index is 2.07. The average molecular weight is 261 g/mol. The molecule has 0 spiro atoms. The van der Waals surface area contributed by atoms with Crippen LogP contribution in [-0.4, -0.2) is 19.1 Å². The second-order valence-electron chi connectivity index (χ2n) is 5.62. The molecule has 1 N–H and O–H groups in total. The minimum atomic E-state index is -0.276. The Hall–Kier alpha value is -1.51. The van der Waals surface area contributed by atoms with Gasteiger partial charge in [-0.3, -0.25) is 0 Å². The Bertz CT molecular complexity index is 452. The Kier molecular flexibility index (Phi) is 4.46. The highest BCUT2D eigenvalue weighted by Gasteiger charge is 2.21. The van der Waals surface area contributed by atoms with E-state index in [4.69, 9.17) is 4.74 Å². The maximum Gasteiger partial charge on any atom is 0.339 e. The highest BCUT2D eigenvalue weighted by Crippen LogP contribution is 2.31. The van der Waals surface area contributed by atoms with E-state index in [0.29, 0.717) is 11.6 Å². The first-order valence-corrected chi connectivity index (χ1v) is 7.05. The standard InChI is InChI=1S/C16H23NO2/c1-11-7-8-15(14(9-11)16(18)19-3)17-12(2)10-13-5-4-6-13/h7-9,12-13,17H,4-6,10H2,1-3H3. The van der Waals surface area contributed by atoms with Crippen molar-refractivity contribution in [3.8, 4) is 0 Å². The fourth-order valence-electron chi connectivity index (χ4n) is 2.62. The third-order valence-corrected chi connectivity index (χ3v) is 3.89. The molecule has 1 saturated carbocycles. The summed E-state index contributed by atoms with van der Waals surface area (Å²) in [5.41, 5.74) is 2.57. The maximum absolute atomic E-state index is 11.8. The second kappa shape index (κ2) is 6.09. The van der Waals surface area contributed by atoms with Gasteiger partial charge in [0.1, 0.15) is 0 Å². The van der Waals surface area contributed by atoms with Gasteiger partial charge in [0.05, 0.1) is 12.7 Å². The van der Waals surface area contributed by atoms with Gasteiger partial charge in [-0.1, -0.05) is 30.9 Å². The minimum absolute atomic E-state index is 0.276. The average Bonchev–Trinajstić information content (AvgIpc) is 2.35. The van der Waals surface area contributed by atoms with Crippen molar-refractivity contribution in [1.82, 2.24) is 0 Å². The molecule has 3 heteroatoms. The lowest BCUT2D eigenvalue weighted by molar-refractivity contribution is 0.0601. The third-order valence-electron chi connectivity index (χ3n) is 3.89. The lowest BCUT2D eigenvalue weighted by Crippen LogP contribution is -2.24. The van der Waals surface area contributed by atoms with Crippen LogP contribution >= 0.6 is 0 Å². The van der Waals surface area contributed by atoms with Crippen molar-refractivity contribution in [1.29, 1.82) is 0 Å². The van der Waals surface area contributed by atoms with E-state index >= 15 is 0 Å². The first kappa shape index (κ1) is 13.9. The zero-order chi connectivity index (χ0) is 13.8. The van der Waals surface area contributed by atoms with Crippen LogP contribution in [0.5, 0.6) is 0 Å². The van der Waals surface area contributed by atoms with Crippen molar-refractivity contribution in [3.63, 3.8) is 0 Å². The number of ether oxygens (including phenoxy) is 1. The Morgan fingerprint density at radius 2 is 2.21 bits per heavy atom. The van der Waals surface area contributed by atoms with Gasteiger partial charge >= 0.3 is 5.97 Å². The number of hydrogen-bond acceptors (Lipinski definition) is 3. The van der Waals surface area contributed by atoms with Crippen LogP contribution < -0.4 is 5.32 Å². The molecule has 1 aliphatic carbocycles. The van der Waals surface area contributed by atoms with E-state index in [0.717, 1.165) is 17.2 Å². The summed E-state index contributed by atoms with van der Waals surface area (Å²) >= 11 is 0. The SMILES string of the molecule is COC(=O)c1cc(C)ccc1NC(C)CC1CCC1. The van der Waals surface area contributed by atoms with E-state index < -0.39 is 0 Å². The van der Waals surface area contributed by atoms with Crippen LogP contribution in [0.15, 0.2) is 18.2 Å². The summed E-state index contributed by atoms with van der Waals surface area (Å²) in [7, 11) is 1.42. The van der Waals surface area contributed by atoms with Crippen LogP contribution in [0.4, 0.5) is 5.69 Å². The molecule has 1 aromatic rings. The number of carbonyl (C=O) groups excluding carboxylic acids is 1. The fraction of sp³-hybridized carbons (Fsp3) is 0.562. The number of methoxy groups -OCH3 is 1. The Morgan fingerprint density at radius 3 is 2.79 bits per heavy atom. The molecule has 1 unspecified atom stereocenters. The zero-order valence-corrected chi connectivity index (χ0v) is 12.0. The van der Waals surface area contributed by atoms with Crippen molar-refractivity contribution >= 4 is 11.7 Å². The van der Waals surface area contributed by atoms with E-state index in [9.17, 15) is 4.79 Å². The number of nitrogens with one attached hydrogen (secondary N) is 1. The van der Waals surface area contributed by atoms with Crippen molar-refractivity contribution in [2.24, 2.45) is 5.92 Å². The van der Waals surface area contributed by atoms with E-state index in [1.807, 2.05) is 25.1 Å². The van der Waals surface area contributed by atoms with Gasteiger partial charge in [-0.25, -0.2) is 4.79 Å². The number of benzene rings is 1. The lowest BCUT2D eigenvalue weighted by atomic mass is 9.81. The van der Waals surface area contributed by atoms with Crippen LogP contribution in [-0.2, 0) is 4.74 Å². The molecule has 1 atom stereocenters. The molecule has 0 radical (unpaired) electrons. The maximum atomic E-state index is 11.8. The fourth-order valence-corrected chi connectivity index (χ4v) is 2.62. The molecule has 19 heavy (non-hydrogen) atoms. The normalized spacial score (nSPS) is 16.6. The summed E-state index contributed by atoms with van der Waals surface area (Å²) in [4.78, 5) is 11.8. The predicted octanol–water partition coefficient (Wildman–Crippen LogP) is 3.77. The number of anilines is 1. The van der Waals surface area contributed by atoms with Gasteiger partial charge in [0.15, 0.2) is 0 Å². The van der Waals surface area contributed by atoms with Gasteiger partial charge in [0, 0.05) is 11.7 Å². The van der Waals surface area contributed by atoms with E-state index in [1.165, 1.54) is 32.8 Å². The summed E-state index contributed by atoms with van der Waals surface area (Å²) in [6.07, 6.45) is 5.25. The number of aryl methyl sites for hydroxylation is 1. The van der Waals surface area contributed by atoms with Crippen LogP contribution in [0, 0.1) is 12.8 Å². The summed E-state index contributed by atoms with van der Waals surface area (Å²) in [5, 5.41) is 3.45. The second-order valence-corrected chi connectivity index (χ2v) is 5.62. The molecule has 3 nitrogen and oxygen atoms in total. The smallest absolute Gasteiger partial charge is 0.339 e. The van der Waals surface area contributed by atoms with E-state index in [1.54, 1.807) is 0 Å². The minimum Gasteiger partial charge on any atom is -0.465 e. The summed E-state index contributed by atoms with van der Waals surface area (Å²) in [6.45, 7) is 4.16. The molecule has 1 fully saturated rings. The third kappa shape index (κ3) is 3.49. The van der Waals surface area contributed by atoms with Crippen LogP contribution in [0.3, 0.4) is 0 Å². The molecule has 0 aliphatic heterocycles. The molecule has 1 aliphatic rings. The summed E-state index contributed by atoms with van der Waals surface area (Å²) < 4.78 is 4.85. The Labute approximate surface area is 115 Å². The summed E-state index contributed by atoms with van der Waals surface area (Å²) in [6, 6.07) is 6.25. The zero-order valence-electron chi connectivity index (χ0n) is 12.0. The van der Waals surface area contributed by atoms with Gasteiger partial charge in [-0.05, 0) is 38.3 Å². The number of esters is 1. The molecule has 0 amide bonds. The quantitative estimate of drug-likeness (QED) is 0.820. The van der Waals surface area contributed by atoms with Gasteiger partial charge in [0.2, 0.25) is 0 Å². The monoisotopic (exact) mass is 261 g/mol. The van der Waals surface area contributed by atoms with Gasteiger partial charge in [-0.2, -0.15) is 0 Å². The molecule has 104 valence electrons. The van der Waals surface area contributed by atoms with Crippen molar-refractivity contribution in [2.45, 2.75) is 45.6 Å².